The Hall–Kier alpha value is -1.05. The standard InChI is InChI=1S/C9H13NO/c1-3-4-8-5-9(11)6-10-7(8)2/h5-6,11H,3-4H2,1-2H3. The number of aryl methyl sites for hydroxylation is 2. The smallest absolute Gasteiger partial charge is 0.134 e. The lowest BCUT2D eigenvalue weighted by Crippen LogP contribution is -1.90. The molecule has 2 nitrogen and oxygen atoms in total. The first kappa shape index (κ1) is 8.05. The highest BCUT2D eigenvalue weighted by Gasteiger charge is 1.98. The van der Waals surface area contributed by atoms with Gasteiger partial charge < -0.3 is 5.11 Å². The highest BCUT2D eigenvalue weighted by atomic mass is 16.3. The highest BCUT2D eigenvalue weighted by Crippen LogP contribution is 2.14. The minimum absolute atomic E-state index is 0.263. The molecule has 0 atom stereocenters. The van der Waals surface area contributed by atoms with E-state index in [9.17, 15) is 0 Å². The monoisotopic (exact) mass is 151 g/mol. The number of pyridine rings is 1. The molecule has 11 heavy (non-hydrogen) atoms. The topological polar surface area (TPSA) is 33.1 Å². The van der Waals surface area contributed by atoms with Gasteiger partial charge in [-0.05, 0) is 25.0 Å². The molecule has 0 fully saturated rings. The third kappa shape index (κ3) is 1.93. The Labute approximate surface area is 66.9 Å². The summed E-state index contributed by atoms with van der Waals surface area (Å²) in [6.45, 7) is 4.08. The SMILES string of the molecule is CCCc1cc(O)cnc1C. The van der Waals surface area contributed by atoms with Crippen LogP contribution in [-0.2, 0) is 6.42 Å². The van der Waals surface area contributed by atoms with Crippen LogP contribution in [0.4, 0.5) is 0 Å². The van der Waals surface area contributed by atoms with E-state index in [4.69, 9.17) is 5.11 Å². The Kier molecular flexibility index (Phi) is 2.47. The molecule has 0 aliphatic rings. The van der Waals surface area contributed by atoms with Gasteiger partial charge in [0.25, 0.3) is 0 Å². The lowest BCUT2D eigenvalue weighted by Gasteiger charge is -2.02. The van der Waals surface area contributed by atoms with Crippen molar-refractivity contribution in [2.24, 2.45) is 0 Å². The minimum atomic E-state index is 0.263. The molecule has 1 heterocycles. The Morgan fingerprint density at radius 2 is 2.27 bits per heavy atom. The first-order chi connectivity index (χ1) is 5.24. The second-order valence-corrected chi connectivity index (χ2v) is 2.69. The second-order valence-electron chi connectivity index (χ2n) is 2.69. The van der Waals surface area contributed by atoms with Crippen LogP contribution in [0.25, 0.3) is 0 Å². The van der Waals surface area contributed by atoms with E-state index < -0.39 is 0 Å². The predicted octanol–water partition coefficient (Wildman–Crippen LogP) is 2.05. The van der Waals surface area contributed by atoms with Gasteiger partial charge >= 0.3 is 0 Å². The molecule has 0 aliphatic heterocycles. The summed E-state index contributed by atoms with van der Waals surface area (Å²) in [6.07, 6.45) is 3.56. The molecule has 0 saturated heterocycles. The van der Waals surface area contributed by atoms with Crippen LogP contribution >= 0.6 is 0 Å². The van der Waals surface area contributed by atoms with Crippen LogP contribution in [0.2, 0.25) is 0 Å². The second kappa shape index (κ2) is 3.37. The van der Waals surface area contributed by atoms with E-state index in [0.29, 0.717) is 0 Å². The zero-order valence-electron chi connectivity index (χ0n) is 6.96. The van der Waals surface area contributed by atoms with Crippen molar-refractivity contribution in [3.8, 4) is 5.75 Å². The van der Waals surface area contributed by atoms with Gasteiger partial charge in [-0.1, -0.05) is 13.3 Å². The summed E-state index contributed by atoms with van der Waals surface area (Å²) in [5.41, 5.74) is 2.16. The average molecular weight is 151 g/mol. The number of nitrogens with zero attached hydrogens (tertiary/aromatic N) is 1. The zero-order chi connectivity index (χ0) is 8.27. The number of aromatic hydroxyl groups is 1. The Balaban J connectivity index is 2.93. The fraction of sp³-hybridized carbons (Fsp3) is 0.444. The van der Waals surface area contributed by atoms with Crippen LogP contribution in [0.3, 0.4) is 0 Å². The molecule has 0 bridgehead atoms. The van der Waals surface area contributed by atoms with Gasteiger partial charge in [-0.15, -0.1) is 0 Å². The van der Waals surface area contributed by atoms with Crippen molar-refractivity contribution in [3.05, 3.63) is 23.5 Å². The third-order valence-electron chi connectivity index (χ3n) is 1.70. The quantitative estimate of drug-likeness (QED) is 0.701. The molecule has 0 radical (unpaired) electrons. The van der Waals surface area contributed by atoms with E-state index in [-0.39, 0.29) is 5.75 Å². The molecule has 0 amide bonds. The average Bonchev–Trinajstić information content (AvgIpc) is 1.98. The normalized spacial score (nSPS) is 10.0. The molecule has 1 rings (SSSR count). The molecular weight excluding hydrogens is 138 g/mol. The van der Waals surface area contributed by atoms with Crippen LogP contribution in [0.5, 0.6) is 5.75 Å². The van der Waals surface area contributed by atoms with E-state index in [2.05, 4.69) is 11.9 Å². The van der Waals surface area contributed by atoms with E-state index in [1.807, 2.05) is 6.92 Å². The summed E-state index contributed by atoms with van der Waals surface area (Å²) in [5, 5.41) is 9.10. The third-order valence-corrected chi connectivity index (χ3v) is 1.70. The van der Waals surface area contributed by atoms with Crippen LogP contribution in [0, 0.1) is 6.92 Å². The molecule has 1 aromatic heterocycles. The van der Waals surface area contributed by atoms with Crippen molar-refractivity contribution >= 4 is 0 Å². The molecule has 0 saturated carbocycles. The Morgan fingerprint density at radius 3 is 2.91 bits per heavy atom. The maximum atomic E-state index is 9.10. The molecular formula is C9H13NO. The number of hydrogen-bond donors (Lipinski definition) is 1. The van der Waals surface area contributed by atoms with Gasteiger partial charge in [-0.2, -0.15) is 0 Å². The van der Waals surface area contributed by atoms with Crippen LogP contribution in [-0.4, -0.2) is 10.1 Å². The summed E-state index contributed by atoms with van der Waals surface area (Å²) in [5.74, 6) is 0.263. The van der Waals surface area contributed by atoms with Gasteiger partial charge in [-0.3, -0.25) is 4.98 Å². The molecule has 2 heteroatoms. The largest absolute Gasteiger partial charge is 0.506 e. The molecule has 0 aromatic carbocycles. The van der Waals surface area contributed by atoms with Crippen molar-refractivity contribution in [2.75, 3.05) is 0 Å². The maximum absolute atomic E-state index is 9.10. The number of hydrogen-bond acceptors (Lipinski definition) is 2. The lowest BCUT2D eigenvalue weighted by atomic mass is 10.1. The van der Waals surface area contributed by atoms with Crippen molar-refractivity contribution < 1.29 is 5.11 Å². The highest BCUT2D eigenvalue weighted by molar-refractivity contribution is 5.27. The first-order valence-corrected chi connectivity index (χ1v) is 3.88. The molecule has 60 valence electrons. The van der Waals surface area contributed by atoms with Gasteiger partial charge in [-0.25, -0.2) is 0 Å². The van der Waals surface area contributed by atoms with Crippen molar-refractivity contribution in [1.29, 1.82) is 0 Å². The van der Waals surface area contributed by atoms with Gasteiger partial charge in [0.2, 0.25) is 0 Å². The van der Waals surface area contributed by atoms with E-state index >= 15 is 0 Å². The van der Waals surface area contributed by atoms with Gasteiger partial charge in [0, 0.05) is 5.69 Å². The van der Waals surface area contributed by atoms with Gasteiger partial charge in [0.1, 0.15) is 5.75 Å². The van der Waals surface area contributed by atoms with Gasteiger partial charge in [0.15, 0.2) is 0 Å². The molecule has 0 aliphatic carbocycles. The first-order valence-electron chi connectivity index (χ1n) is 3.88. The van der Waals surface area contributed by atoms with Crippen LogP contribution in [0.1, 0.15) is 24.6 Å². The van der Waals surface area contributed by atoms with E-state index in [0.717, 1.165) is 24.1 Å². The summed E-state index contributed by atoms with van der Waals surface area (Å²) >= 11 is 0. The molecule has 1 N–H and O–H groups in total. The van der Waals surface area contributed by atoms with Crippen molar-refractivity contribution in [1.82, 2.24) is 4.98 Å². The summed E-state index contributed by atoms with van der Waals surface area (Å²) < 4.78 is 0. The summed E-state index contributed by atoms with van der Waals surface area (Å²) in [4.78, 5) is 4.05. The van der Waals surface area contributed by atoms with Crippen LogP contribution in [0.15, 0.2) is 12.3 Å². The fourth-order valence-corrected chi connectivity index (χ4v) is 1.09. The molecule has 1 aromatic rings. The van der Waals surface area contributed by atoms with Crippen LogP contribution < -0.4 is 0 Å². The zero-order valence-corrected chi connectivity index (χ0v) is 6.96. The van der Waals surface area contributed by atoms with Gasteiger partial charge in [0.05, 0.1) is 6.20 Å². The minimum Gasteiger partial charge on any atom is -0.506 e. The number of aromatic nitrogens is 1. The summed E-state index contributed by atoms with van der Waals surface area (Å²) in [7, 11) is 0. The summed E-state index contributed by atoms with van der Waals surface area (Å²) in [6, 6.07) is 1.78. The lowest BCUT2D eigenvalue weighted by molar-refractivity contribution is 0.471. The van der Waals surface area contributed by atoms with E-state index in [1.165, 1.54) is 6.20 Å². The Bertz CT molecular complexity index is 245. The molecule has 0 unspecified atom stereocenters. The molecule has 0 spiro atoms. The number of rotatable bonds is 2. The fourth-order valence-electron chi connectivity index (χ4n) is 1.09. The predicted molar refractivity (Wildman–Crippen MR) is 44.6 cm³/mol. The maximum Gasteiger partial charge on any atom is 0.134 e. The van der Waals surface area contributed by atoms with Crippen molar-refractivity contribution in [2.45, 2.75) is 26.7 Å². The van der Waals surface area contributed by atoms with Crippen molar-refractivity contribution in [3.63, 3.8) is 0 Å². The Morgan fingerprint density at radius 1 is 1.55 bits per heavy atom. The van der Waals surface area contributed by atoms with E-state index in [1.54, 1.807) is 6.07 Å².